The van der Waals surface area contributed by atoms with Crippen molar-refractivity contribution in [2.24, 2.45) is 0 Å². The normalized spacial score (nSPS) is 14.3. The molecule has 0 radical (unpaired) electrons. The molecule has 4 rings (SSSR count). The Morgan fingerprint density at radius 3 is 2.90 bits per heavy atom. The van der Waals surface area contributed by atoms with E-state index in [0.717, 1.165) is 35.2 Å². The largest absolute Gasteiger partial charge is 0.385 e. The van der Waals surface area contributed by atoms with Crippen LogP contribution in [0.3, 0.4) is 0 Å². The van der Waals surface area contributed by atoms with Crippen LogP contribution in [0.5, 0.6) is 0 Å². The fourth-order valence-electron chi connectivity index (χ4n) is 3.30. The van der Waals surface area contributed by atoms with Crippen LogP contribution in [0.4, 0.5) is 5.69 Å². The number of pyridine rings is 1. The van der Waals surface area contributed by atoms with Gasteiger partial charge in [-0.05, 0) is 49.1 Å². The van der Waals surface area contributed by atoms with E-state index in [-0.39, 0.29) is 5.91 Å². The zero-order valence-corrected chi connectivity index (χ0v) is 17.7. The molecule has 1 aliphatic carbocycles. The number of nitrogens with zero attached hydrogens (tertiary/aromatic N) is 3. The SMILES string of the molecule is COCCC(O)Nc1cncc(-n2cc(-c3cc(C(=O)NC4CC4)ccc3C)cn2)c1. The van der Waals surface area contributed by atoms with Crippen molar-refractivity contribution < 1.29 is 14.6 Å². The summed E-state index contributed by atoms with van der Waals surface area (Å²) in [6.07, 6.45) is 8.90. The lowest BCUT2D eigenvalue weighted by molar-refractivity contribution is 0.0951. The highest BCUT2D eigenvalue weighted by molar-refractivity contribution is 5.96. The maximum absolute atomic E-state index is 12.4. The van der Waals surface area contributed by atoms with E-state index in [1.807, 2.05) is 37.4 Å². The quantitative estimate of drug-likeness (QED) is 0.459. The van der Waals surface area contributed by atoms with Crippen LogP contribution in [0, 0.1) is 6.92 Å². The molecular weight excluding hydrogens is 394 g/mol. The Balaban J connectivity index is 1.53. The van der Waals surface area contributed by atoms with E-state index >= 15 is 0 Å². The Morgan fingerprint density at radius 1 is 1.29 bits per heavy atom. The number of aliphatic hydroxyl groups excluding tert-OH is 1. The number of anilines is 1. The van der Waals surface area contributed by atoms with Crippen molar-refractivity contribution in [3.8, 4) is 16.8 Å². The molecule has 3 N–H and O–H groups in total. The lowest BCUT2D eigenvalue weighted by Gasteiger charge is -2.14. The summed E-state index contributed by atoms with van der Waals surface area (Å²) in [5.74, 6) is -0.0360. The first-order valence-electron chi connectivity index (χ1n) is 10.4. The van der Waals surface area contributed by atoms with E-state index in [4.69, 9.17) is 4.74 Å². The maximum Gasteiger partial charge on any atom is 0.251 e. The minimum Gasteiger partial charge on any atom is -0.385 e. The number of rotatable bonds is 9. The molecule has 0 aliphatic heterocycles. The molecule has 1 fully saturated rings. The summed E-state index contributed by atoms with van der Waals surface area (Å²) in [5, 5.41) is 20.5. The van der Waals surface area contributed by atoms with E-state index < -0.39 is 6.23 Å². The average Bonchev–Trinajstić information content (AvgIpc) is 3.44. The summed E-state index contributed by atoms with van der Waals surface area (Å²) in [6, 6.07) is 7.92. The molecule has 1 amide bonds. The van der Waals surface area contributed by atoms with Crippen LogP contribution in [-0.2, 0) is 4.74 Å². The van der Waals surface area contributed by atoms with Gasteiger partial charge in [0.2, 0.25) is 0 Å². The van der Waals surface area contributed by atoms with E-state index in [9.17, 15) is 9.90 Å². The minimum absolute atomic E-state index is 0.0360. The number of benzene rings is 1. The fourth-order valence-corrected chi connectivity index (χ4v) is 3.30. The fraction of sp³-hybridized carbons (Fsp3) is 0.348. The number of nitrogens with one attached hydrogen (secondary N) is 2. The van der Waals surface area contributed by atoms with Crippen LogP contribution in [0.25, 0.3) is 16.8 Å². The predicted molar refractivity (Wildman–Crippen MR) is 118 cm³/mol. The van der Waals surface area contributed by atoms with Crippen molar-refractivity contribution in [1.82, 2.24) is 20.1 Å². The number of hydrogen-bond donors (Lipinski definition) is 3. The Labute approximate surface area is 181 Å². The minimum atomic E-state index is -0.725. The van der Waals surface area contributed by atoms with Gasteiger partial charge >= 0.3 is 0 Å². The van der Waals surface area contributed by atoms with E-state index in [2.05, 4.69) is 20.7 Å². The van der Waals surface area contributed by atoms with Crippen molar-refractivity contribution >= 4 is 11.6 Å². The van der Waals surface area contributed by atoms with Crippen LogP contribution in [0.15, 0.2) is 49.1 Å². The summed E-state index contributed by atoms with van der Waals surface area (Å²) in [6.45, 7) is 2.48. The topological polar surface area (TPSA) is 101 Å². The first-order valence-corrected chi connectivity index (χ1v) is 10.4. The van der Waals surface area contributed by atoms with Crippen LogP contribution in [0.1, 0.15) is 35.2 Å². The first-order chi connectivity index (χ1) is 15.0. The monoisotopic (exact) mass is 421 g/mol. The summed E-state index contributed by atoms with van der Waals surface area (Å²) >= 11 is 0. The van der Waals surface area contributed by atoms with Gasteiger partial charge in [-0.25, -0.2) is 4.68 Å². The van der Waals surface area contributed by atoms with Gasteiger partial charge < -0.3 is 20.5 Å². The molecule has 1 aliphatic rings. The smallest absolute Gasteiger partial charge is 0.251 e. The Morgan fingerprint density at radius 2 is 2.13 bits per heavy atom. The number of methoxy groups -OCH3 is 1. The number of aryl methyl sites for hydroxylation is 1. The molecule has 1 saturated carbocycles. The van der Waals surface area contributed by atoms with Crippen LogP contribution in [0.2, 0.25) is 0 Å². The van der Waals surface area contributed by atoms with Crippen LogP contribution < -0.4 is 10.6 Å². The summed E-state index contributed by atoms with van der Waals surface area (Å²) in [5.41, 5.74) is 5.04. The van der Waals surface area contributed by atoms with Crippen LogP contribution in [-0.4, -0.2) is 51.8 Å². The molecule has 0 saturated heterocycles. The second-order valence-electron chi connectivity index (χ2n) is 7.82. The third-order valence-corrected chi connectivity index (χ3v) is 5.22. The maximum atomic E-state index is 12.4. The molecule has 3 aromatic rings. The van der Waals surface area contributed by atoms with E-state index in [0.29, 0.717) is 30.3 Å². The first kappa shape index (κ1) is 21.0. The van der Waals surface area contributed by atoms with Gasteiger partial charge in [-0.2, -0.15) is 5.10 Å². The van der Waals surface area contributed by atoms with E-state index in [1.54, 1.807) is 30.4 Å². The Hall–Kier alpha value is -3.23. The molecule has 1 aromatic carbocycles. The van der Waals surface area contributed by atoms with Crippen LogP contribution >= 0.6 is 0 Å². The zero-order valence-electron chi connectivity index (χ0n) is 17.7. The van der Waals surface area contributed by atoms with Gasteiger partial charge in [0.05, 0.1) is 36.6 Å². The lowest BCUT2D eigenvalue weighted by Crippen LogP contribution is -2.25. The van der Waals surface area contributed by atoms with Gasteiger partial charge in [0.15, 0.2) is 0 Å². The average molecular weight is 422 g/mol. The number of amides is 1. The lowest BCUT2D eigenvalue weighted by atomic mass is 10.0. The van der Waals surface area contributed by atoms with Crippen molar-refractivity contribution in [3.05, 3.63) is 60.2 Å². The molecule has 2 aromatic heterocycles. The molecule has 1 unspecified atom stereocenters. The van der Waals surface area contributed by atoms with Crippen molar-refractivity contribution in [3.63, 3.8) is 0 Å². The molecular formula is C23H27N5O3. The third-order valence-electron chi connectivity index (χ3n) is 5.22. The number of hydrogen-bond acceptors (Lipinski definition) is 6. The van der Waals surface area contributed by atoms with Gasteiger partial charge in [-0.15, -0.1) is 0 Å². The Bertz CT molecular complexity index is 1060. The molecule has 0 bridgehead atoms. The number of carbonyl (C=O) groups is 1. The second-order valence-corrected chi connectivity index (χ2v) is 7.82. The summed E-state index contributed by atoms with van der Waals surface area (Å²) < 4.78 is 6.72. The number of ether oxygens (including phenoxy) is 1. The second kappa shape index (κ2) is 9.28. The standard InChI is InChI=1S/C23H27N5O3/c1-15-3-4-16(23(30)27-18-5-6-18)9-21(15)17-11-25-28(14-17)20-10-19(12-24-13-20)26-22(29)7-8-31-2/h3-4,9-14,18,22,26,29H,5-8H2,1-2H3,(H,27,30). The molecule has 0 spiro atoms. The molecule has 8 nitrogen and oxygen atoms in total. The summed E-state index contributed by atoms with van der Waals surface area (Å²) in [4.78, 5) is 16.7. The number of aromatic nitrogens is 3. The van der Waals surface area contributed by atoms with Gasteiger partial charge in [-0.1, -0.05) is 6.07 Å². The van der Waals surface area contributed by atoms with Gasteiger partial charge in [0.1, 0.15) is 6.23 Å². The highest BCUT2D eigenvalue weighted by Crippen LogP contribution is 2.26. The van der Waals surface area contributed by atoms with Crippen molar-refractivity contribution in [1.29, 1.82) is 0 Å². The van der Waals surface area contributed by atoms with Gasteiger partial charge in [-0.3, -0.25) is 9.78 Å². The van der Waals surface area contributed by atoms with Gasteiger partial charge in [0, 0.05) is 36.9 Å². The van der Waals surface area contributed by atoms with Gasteiger partial charge in [0.25, 0.3) is 5.91 Å². The highest BCUT2D eigenvalue weighted by Gasteiger charge is 2.24. The zero-order chi connectivity index (χ0) is 21.8. The number of aliphatic hydroxyl groups is 1. The molecule has 1 atom stereocenters. The molecule has 31 heavy (non-hydrogen) atoms. The highest BCUT2D eigenvalue weighted by atomic mass is 16.5. The Kier molecular flexibility index (Phi) is 6.29. The molecule has 8 heteroatoms. The van der Waals surface area contributed by atoms with E-state index in [1.165, 1.54) is 0 Å². The van der Waals surface area contributed by atoms with Crippen molar-refractivity contribution in [2.75, 3.05) is 19.0 Å². The molecule has 162 valence electrons. The summed E-state index contributed by atoms with van der Waals surface area (Å²) in [7, 11) is 1.60. The predicted octanol–water partition coefficient (Wildman–Crippen LogP) is 2.90. The molecule has 2 heterocycles. The van der Waals surface area contributed by atoms with Crippen molar-refractivity contribution in [2.45, 2.75) is 38.5 Å². The third kappa shape index (κ3) is 5.28. The number of carbonyl (C=O) groups excluding carboxylic acids is 1.